The smallest absolute Gasteiger partial charge is 0.274 e. The maximum Gasteiger partial charge on any atom is 0.274 e. The van der Waals surface area contributed by atoms with Gasteiger partial charge in [-0.25, -0.2) is 0 Å². The molecule has 2 aromatic rings. The fourth-order valence-corrected chi connectivity index (χ4v) is 2.38. The zero-order valence-electron chi connectivity index (χ0n) is 14.0. The lowest BCUT2D eigenvalue weighted by atomic mass is 10.1. The number of anilines is 1. The minimum atomic E-state index is -0.493. The van der Waals surface area contributed by atoms with E-state index in [1.807, 2.05) is 19.1 Å². The summed E-state index contributed by atoms with van der Waals surface area (Å²) in [6.45, 7) is 3.59. The molecule has 130 valence electrons. The van der Waals surface area contributed by atoms with E-state index in [-0.39, 0.29) is 30.5 Å². The van der Waals surface area contributed by atoms with Crippen molar-refractivity contribution in [1.29, 1.82) is 0 Å². The summed E-state index contributed by atoms with van der Waals surface area (Å²) in [5.41, 5.74) is 2.16. The Balaban J connectivity index is 1.90. The maximum atomic E-state index is 12.1. The lowest BCUT2D eigenvalue weighted by Crippen LogP contribution is -2.28. The number of nitro benzene ring substituents is 1. The number of hydrogen-bond acceptors (Lipinski definition) is 4. The standard InChI is InChI=1S/C18H19N3O4/c1-12-6-3-4-7-14(12)18(23)19-11-10-17(22)20-15-8-5-9-16(13(15)2)21(24)25/h3-9H,10-11H2,1-2H3,(H,19,23)(H,20,22). The van der Waals surface area contributed by atoms with Crippen LogP contribution in [0.15, 0.2) is 42.5 Å². The second-order valence-electron chi connectivity index (χ2n) is 5.58. The third-order valence-electron chi connectivity index (χ3n) is 3.80. The topological polar surface area (TPSA) is 101 Å². The molecule has 0 bridgehead atoms. The molecule has 7 nitrogen and oxygen atoms in total. The average molecular weight is 341 g/mol. The first-order valence-corrected chi connectivity index (χ1v) is 7.78. The van der Waals surface area contributed by atoms with E-state index in [0.29, 0.717) is 16.8 Å². The number of nitrogens with one attached hydrogen (secondary N) is 2. The Morgan fingerprint density at radius 3 is 2.48 bits per heavy atom. The van der Waals surface area contributed by atoms with Crippen molar-refractivity contribution in [3.8, 4) is 0 Å². The summed E-state index contributed by atoms with van der Waals surface area (Å²) in [7, 11) is 0. The van der Waals surface area contributed by atoms with E-state index in [0.717, 1.165) is 5.56 Å². The number of rotatable bonds is 6. The van der Waals surface area contributed by atoms with Gasteiger partial charge in [0.25, 0.3) is 11.6 Å². The number of carbonyl (C=O) groups is 2. The van der Waals surface area contributed by atoms with Crippen molar-refractivity contribution in [2.75, 3.05) is 11.9 Å². The molecule has 7 heteroatoms. The van der Waals surface area contributed by atoms with Gasteiger partial charge in [-0.3, -0.25) is 19.7 Å². The van der Waals surface area contributed by atoms with Crippen LogP contribution >= 0.6 is 0 Å². The molecule has 0 radical (unpaired) electrons. The van der Waals surface area contributed by atoms with E-state index < -0.39 is 4.92 Å². The summed E-state index contributed by atoms with van der Waals surface area (Å²) in [5, 5.41) is 16.2. The normalized spacial score (nSPS) is 10.2. The third-order valence-corrected chi connectivity index (χ3v) is 3.80. The molecule has 0 atom stereocenters. The summed E-state index contributed by atoms with van der Waals surface area (Å²) in [5.74, 6) is -0.564. The molecular formula is C18H19N3O4. The molecule has 0 aliphatic rings. The Morgan fingerprint density at radius 1 is 1.08 bits per heavy atom. The second-order valence-corrected chi connectivity index (χ2v) is 5.58. The SMILES string of the molecule is Cc1ccccc1C(=O)NCCC(=O)Nc1cccc([N+](=O)[O-])c1C. The van der Waals surface area contributed by atoms with Crippen molar-refractivity contribution in [3.05, 3.63) is 69.3 Å². The van der Waals surface area contributed by atoms with E-state index in [4.69, 9.17) is 0 Å². The highest BCUT2D eigenvalue weighted by Gasteiger charge is 2.15. The second kappa shape index (κ2) is 8.05. The highest BCUT2D eigenvalue weighted by atomic mass is 16.6. The molecule has 0 fully saturated rings. The lowest BCUT2D eigenvalue weighted by Gasteiger charge is -2.10. The fourth-order valence-electron chi connectivity index (χ4n) is 2.38. The Morgan fingerprint density at radius 2 is 1.80 bits per heavy atom. The Hall–Kier alpha value is -3.22. The number of benzene rings is 2. The monoisotopic (exact) mass is 341 g/mol. The van der Waals surface area contributed by atoms with E-state index in [9.17, 15) is 19.7 Å². The molecule has 0 aliphatic heterocycles. The van der Waals surface area contributed by atoms with E-state index in [1.54, 1.807) is 25.1 Å². The van der Waals surface area contributed by atoms with Crippen LogP contribution in [-0.4, -0.2) is 23.3 Å². The van der Waals surface area contributed by atoms with Crippen LogP contribution in [0.25, 0.3) is 0 Å². The minimum absolute atomic E-state index is 0.0503. The summed E-state index contributed by atoms with van der Waals surface area (Å²) in [6, 6.07) is 11.7. The van der Waals surface area contributed by atoms with Crippen LogP contribution in [0.3, 0.4) is 0 Å². The number of aryl methyl sites for hydroxylation is 1. The van der Waals surface area contributed by atoms with Crippen LogP contribution < -0.4 is 10.6 Å². The van der Waals surface area contributed by atoms with Crippen molar-refractivity contribution < 1.29 is 14.5 Å². The number of hydrogen-bond donors (Lipinski definition) is 2. The van der Waals surface area contributed by atoms with Gasteiger partial charge < -0.3 is 10.6 Å². The van der Waals surface area contributed by atoms with Crippen LogP contribution in [0, 0.1) is 24.0 Å². The predicted molar refractivity (Wildman–Crippen MR) is 94.6 cm³/mol. The Kier molecular flexibility index (Phi) is 5.84. The van der Waals surface area contributed by atoms with Gasteiger partial charge in [0.1, 0.15) is 0 Å². The number of amides is 2. The Bertz CT molecular complexity index is 818. The maximum absolute atomic E-state index is 12.1. The van der Waals surface area contributed by atoms with Crippen LogP contribution in [0.1, 0.15) is 27.9 Å². The first-order valence-electron chi connectivity index (χ1n) is 7.78. The van der Waals surface area contributed by atoms with Crippen LogP contribution in [0.5, 0.6) is 0 Å². The van der Waals surface area contributed by atoms with Gasteiger partial charge in [-0.1, -0.05) is 24.3 Å². The van der Waals surface area contributed by atoms with Gasteiger partial charge in [-0.2, -0.15) is 0 Å². The Labute approximate surface area is 145 Å². The zero-order chi connectivity index (χ0) is 18.4. The molecule has 0 saturated heterocycles. The zero-order valence-corrected chi connectivity index (χ0v) is 14.0. The molecule has 0 heterocycles. The van der Waals surface area contributed by atoms with Crippen molar-refractivity contribution in [3.63, 3.8) is 0 Å². The molecule has 0 aliphatic carbocycles. The predicted octanol–water partition coefficient (Wildman–Crippen LogP) is 2.97. The van der Waals surface area contributed by atoms with Crippen LogP contribution in [0.4, 0.5) is 11.4 Å². The van der Waals surface area contributed by atoms with Crippen molar-refractivity contribution in [2.45, 2.75) is 20.3 Å². The van der Waals surface area contributed by atoms with Crippen molar-refractivity contribution in [2.24, 2.45) is 0 Å². The first-order chi connectivity index (χ1) is 11.9. The highest BCUT2D eigenvalue weighted by Crippen LogP contribution is 2.25. The van der Waals surface area contributed by atoms with Crippen molar-refractivity contribution in [1.82, 2.24) is 5.32 Å². The molecule has 0 unspecified atom stereocenters. The van der Waals surface area contributed by atoms with Gasteiger partial charge in [0.15, 0.2) is 0 Å². The molecular weight excluding hydrogens is 322 g/mol. The minimum Gasteiger partial charge on any atom is -0.352 e. The molecule has 0 spiro atoms. The summed E-state index contributed by atoms with van der Waals surface area (Å²) < 4.78 is 0. The fraction of sp³-hybridized carbons (Fsp3) is 0.222. The van der Waals surface area contributed by atoms with Gasteiger partial charge in [-0.15, -0.1) is 0 Å². The van der Waals surface area contributed by atoms with E-state index >= 15 is 0 Å². The molecule has 0 aromatic heterocycles. The summed E-state index contributed by atoms with van der Waals surface area (Å²) in [6.07, 6.45) is 0.0692. The molecule has 2 N–H and O–H groups in total. The highest BCUT2D eigenvalue weighted by molar-refractivity contribution is 5.96. The van der Waals surface area contributed by atoms with E-state index in [2.05, 4.69) is 10.6 Å². The van der Waals surface area contributed by atoms with E-state index in [1.165, 1.54) is 12.1 Å². The van der Waals surface area contributed by atoms with Gasteiger partial charge in [0.2, 0.25) is 5.91 Å². The molecule has 2 amide bonds. The summed E-state index contributed by atoms with van der Waals surface area (Å²) >= 11 is 0. The van der Waals surface area contributed by atoms with Crippen LogP contribution in [-0.2, 0) is 4.79 Å². The average Bonchev–Trinajstić information content (AvgIpc) is 2.56. The van der Waals surface area contributed by atoms with Crippen LogP contribution in [0.2, 0.25) is 0 Å². The molecule has 2 aromatic carbocycles. The van der Waals surface area contributed by atoms with Gasteiger partial charge in [-0.05, 0) is 31.5 Å². The molecule has 25 heavy (non-hydrogen) atoms. The quantitative estimate of drug-likeness (QED) is 0.623. The largest absolute Gasteiger partial charge is 0.352 e. The lowest BCUT2D eigenvalue weighted by molar-refractivity contribution is -0.385. The number of nitro groups is 1. The number of carbonyl (C=O) groups excluding carboxylic acids is 2. The molecule has 0 saturated carbocycles. The van der Waals surface area contributed by atoms with Gasteiger partial charge in [0.05, 0.1) is 16.2 Å². The van der Waals surface area contributed by atoms with Gasteiger partial charge >= 0.3 is 0 Å². The molecule has 2 rings (SSSR count). The number of nitrogens with zero attached hydrogens (tertiary/aromatic N) is 1. The summed E-state index contributed by atoms with van der Waals surface area (Å²) in [4.78, 5) is 34.5. The van der Waals surface area contributed by atoms with Crippen molar-refractivity contribution >= 4 is 23.2 Å². The third kappa shape index (κ3) is 4.63. The van der Waals surface area contributed by atoms with Gasteiger partial charge in [0, 0.05) is 24.6 Å². The first kappa shape index (κ1) is 18.1.